The molecule has 0 aliphatic carbocycles. The Morgan fingerprint density at radius 3 is 2.57 bits per heavy atom. The maximum Gasteiger partial charge on any atom is 0.255 e. The monoisotopic (exact) mass is 334 g/mol. The minimum atomic E-state index is -3.60. The summed E-state index contributed by atoms with van der Waals surface area (Å²) in [5, 5.41) is 1.12. The lowest BCUT2D eigenvalue weighted by atomic mass is 10.2. The number of aromatic nitrogens is 1. The van der Waals surface area contributed by atoms with Gasteiger partial charge in [0.25, 0.3) is 10.0 Å². The minimum absolute atomic E-state index is 0.363. The van der Waals surface area contributed by atoms with Crippen LogP contribution in [-0.4, -0.2) is 33.7 Å². The van der Waals surface area contributed by atoms with Crippen LogP contribution in [0, 0.1) is 0 Å². The second-order valence-electron chi connectivity index (χ2n) is 4.59. The quantitative estimate of drug-likeness (QED) is 0.751. The smallest absolute Gasteiger partial charge is 0.255 e. The molecule has 1 N–H and O–H groups in total. The normalized spacial score (nSPS) is 11.5. The van der Waals surface area contributed by atoms with Gasteiger partial charge in [-0.05, 0) is 17.7 Å². The van der Waals surface area contributed by atoms with Crippen molar-refractivity contribution in [3.05, 3.63) is 59.6 Å². The Labute approximate surface area is 135 Å². The summed E-state index contributed by atoms with van der Waals surface area (Å²) in [7, 11) is -2.02. The summed E-state index contributed by atoms with van der Waals surface area (Å²) < 4.78 is 36.6. The van der Waals surface area contributed by atoms with Crippen LogP contribution < -0.4 is 9.46 Å². The molecule has 1 heterocycles. The molecule has 0 unspecified atom stereocenters. The molecule has 0 amide bonds. The molecule has 122 valence electrons. The lowest BCUT2D eigenvalue weighted by molar-refractivity contribution is 0.144. The molecule has 7 heteroatoms. The van der Waals surface area contributed by atoms with Crippen LogP contribution in [0.25, 0.3) is 6.08 Å². The molecular formula is C16H18N2O4S. The Bertz CT molecular complexity index is 728. The van der Waals surface area contributed by atoms with E-state index in [1.165, 1.54) is 12.3 Å². The Morgan fingerprint density at radius 1 is 1.13 bits per heavy atom. The van der Waals surface area contributed by atoms with Crippen molar-refractivity contribution in [2.75, 3.05) is 25.0 Å². The first-order chi connectivity index (χ1) is 11.1. The SMILES string of the molecule is COCCOc1ccc(NS(=O)(=O)C=Cc2ccccc2)cn1. The molecule has 0 bridgehead atoms. The fourth-order valence-electron chi connectivity index (χ4n) is 1.69. The van der Waals surface area contributed by atoms with E-state index in [2.05, 4.69) is 9.71 Å². The fourth-order valence-corrected chi connectivity index (χ4v) is 2.54. The van der Waals surface area contributed by atoms with Crippen molar-refractivity contribution in [1.82, 2.24) is 4.98 Å². The molecule has 0 radical (unpaired) electrons. The first-order valence-corrected chi connectivity index (χ1v) is 8.47. The van der Waals surface area contributed by atoms with Crippen LogP contribution in [-0.2, 0) is 14.8 Å². The third-order valence-corrected chi connectivity index (χ3v) is 3.79. The average Bonchev–Trinajstić information content (AvgIpc) is 2.56. The van der Waals surface area contributed by atoms with Crippen molar-refractivity contribution in [1.29, 1.82) is 0 Å². The maximum atomic E-state index is 12.0. The van der Waals surface area contributed by atoms with E-state index in [4.69, 9.17) is 9.47 Å². The number of hydrogen-bond acceptors (Lipinski definition) is 5. The maximum absolute atomic E-state index is 12.0. The molecule has 0 fully saturated rings. The van der Waals surface area contributed by atoms with Gasteiger partial charge in [0, 0.05) is 13.2 Å². The van der Waals surface area contributed by atoms with Crippen LogP contribution in [0.1, 0.15) is 5.56 Å². The van der Waals surface area contributed by atoms with Crippen molar-refractivity contribution in [3.63, 3.8) is 0 Å². The molecular weight excluding hydrogens is 316 g/mol. The lowest BCUT2D eigenvalue weighted by Gasteiger charge is -2.06. The standard InChI is InChI=1S/C16H18N2O4S/c1-21-10-11-22-16-8-7-15(13-17-16)18-23(19,20)12-9-14-5-3-2-4-6-14/h2-9,12-13,18H,10-11H2,1H3. The molecule has 0 saturated carbocycles. The molecule has 0 atom stereocenters. The van der Waals surface area contributed by atoms with E-state index in [9.17, 15) is 8.42 Å². The number of methoxy groups -OCH3 is 1. The highest BCUT2D eigenvalue weighted by molar-refractivity contribution is 7.95. The number of rotatable bonds is 8. The van der Waals surface area contributed by atoms with Gasteiger partial charge in [-0.25, -0.2) is 13.4 Å². The molecule has 6 nitrogen and oxygen atoms in total. The number of benzene rings is 1. The lowest BCUT2D eigenvalue weighted by Crippen LogP contribution is -2.09. The van der Waals surface area contributed by atoms with Gasteiger partial charge < -0.3 is 9.47 Å². The summed E-state index contributed by atoms with van der Waals surface area (Å²) in [5.74, 6) is 0.407. The number of nitrogens with one attached hydrogen (secondary N) is 1. The highest BCUT2D eigenvalue weighted by Crippen LogP contribution is 2.14. The van der Waals surface area contributed by atoms with Crippen molar-refractivity contribution in [3.8, 4) is 5.88 Å². The van der Waals surface area contributed by atoms with Crippen LogP contribution in [0.4, 0.5) is 5.69 Å². The third-order valence-electron chi connectivity index (χ3n) is 2.77. The molecule has 2 aromatic rings. The van der Waals surface area contributed by atoms with E-state index >= 15 is 0 Å². The van der Waals surface area contributed by atoms with E-state index in [1.54, 1.807) is 19.2 Å². The van der Waals surface area contributed by atoms with E-state index in [-0.39, 0.29) is 0 Å². The Kier molecular flexibility index (Phi) is 6.13. The topological polar surface area (TPSA) is 77.5 Å². The summed E-state index contributed by atoms with van der Waals surface area (Å²) in [6, 6.07) is 12.4. The predicted octanol–water partition coefficient (Wildman–Crippen LogP) is 2.52. The Hall–Kier alpha value is -2.38. The van der Waals surface area contributed by atoms with Gasteiger partial charge in [-0.1, -0.05) is 30.3 Å². The second kappa shape index (κ2) is 8.30. The average molecular weight is 334 g/mol. The first kappa shape index (κ1) is 17.0. The van der Waals surface area contributed by atoms with Gasteiger partial charge in [0.2, 0.25) is 5.88 Å². The van der Waals surface area contributed by atoms with Crippen molar-refractivity contribution >= 4 is 21.8 Å². The summed E-state index contributed by atoms with van der Waals surface area (Å²) in [4.78, 5) is 4.02. The number of ether oxygens (including phenoxy) is 2. The summed E-state index contributed by atoms with van der Waals surface area (Å²) in [5.41, 5.74) is 1.17. The van der Waals surface area contributed by atoms with Crippen LogP contribution in [0.2, 0.25) is 0 Å². The molecule has 23 heavy (non-hydrogen) atoms. The predicted molar refractivity (Wildman–Crippen MR) is 89.6 cm³/mol. The van der Waals surface area contributed by atoms with Gasteiger partial charge in [0.1, 0.15) is 6.61 Å². The van der Waals surface area contributed by atoms with Gasteiger partial charge in [-0.3, -0.25) is 4.72 Å². The highest BCUT2D eigenvalue weighted by atomic mass is 32.2. The summed E-state index contributed by atoms with van der Waals surface area (Å²) >= 11 is 0. The zero-order valence-electron chi connectivity index (χ0n) is 12.7. The second-order valence-corrected chi connectivity index (χ2v) is 6.15. The molecule has 0 aliphatic rings. The van der Waals surface area contributed by atoms with E-state index < -0.39 is 10.0 Å². The molecule has 0 spiro atoms. The van der Waals surface area contributed by atoms with E-state index in [0.29, 0.717) is 24.8 Å². The number of sulfonamides is 1. The van der Waals surface area contributed by atoms with Gasteiger partial charge in [0.15, 0.2) is 0 Å². The fraction of sp³-hybridized carbons (Fsp3) is 0.188. The Morgan fingerprint density at radius 2 is 1.91 bits per heavy atom. The molecule has 0 aliphatic heterocycles. The number of nitrogens with zero attached hydrogens (tertiary/aromatic N) is 1. The van der Waals surface area contributed by atoms with Crippen molar-refractivity contribution in [2.45, 2.75) is 0 Å². The van der Waals surface area contributed by atoms with Crippen LogP contribution >= 0.6 is 0 Å². The van der Waals surface area contributed by atoms with E-state index in [1.807, 2.05) is 30.3 Å². The van der Waals surface area contributed by atoms with Gasteiger partial charge in [0.05, 0.1) is 23.9 Å². The van der Waals surface area contributed by atoms with Gasteiger partial charge in [-0.2, -0.15) is 0 Å². The molecule has 1 aromatic heterocycles. The van der Waals surface area contributed by atoms with Crippen LogP contribution in [0.15, 0.2) is 54.1 Å². The minimum Gasteiger partial charge on any atom is -0.475 e. The molecule has 0 saturated heterocycles. The largest absolute Gasteiger partial charge is 0.475 e. The third kappa shape index (κ3) is 6.09. The van der Waals surface area contributed by atoms with Gasteiger partial charge in [-0.15, -0.1) is 0 Å². The first-order valence-electron chi connectivity index (χ1n) is 6.93. The Balaban J connectivity index is 1.96. The molecule has 1 aromatic carbocycles. The van der Waals surface area contributed by atoms with Crippen LogP contribution in [0.5, 0.6) is 5.88 Å². The molecule has 2 rings (SSSR count). The van der Waals surface area contributed by atoms with Crippen molar-refractivity contribution in [2.24, 2.45) is 0 Å². The van der Waals surface area contributed by atoms with Gasteiger partial charge >= 0.3 is 0 Å². The highest BCUT2D eigenvalue weighted by Gasteiger charge is 2.06. The van der Waals surface area contributed by atoms with Crippen LogP contribution in [0.3, 0.4) is 0 Å². The zero-order chi connectivity index (χ0) is 16.5. The van der Waals surface area contributed by atoms with Crippen molar-refractivity contribution < 1.29 is 17.9 Å². The zero-order valence-corrected chi connectivity index (χ0v) is 13.5. The summed E-state index contributed by atoms with van der Waals surface area (Å²) in [6.45, 7) is 0.842. The number of hydrogen-bond donors (Lipinski definition) is 1. The number of pyridine rings is 1. The summed E-state index contributed by atoms with van der Waals surface area (Å²) in [6.07, 6.45) is 2.92. The number of anilines is 1. The van der Waals surface area contributed by atoms with E-state index in [0.717, 1.165) is 11.0 Å².